The first kappa shape index (κ1) is 21.1. The largest absolute Gasteiger partial charge is 0.492 e. The van der Waals surface area contributed by atoms with Crippen LogP contribution in [0.15, 0.2) is 90.0 Å². The van der Waals surface area contributed by atoms with Crippen molar-refractivity contribution >= 4 is 50.9 Å². The first-order valence-electron chi connectivity index (χ1n) is 11.1. The van der Waals surface area contributed by atoms with Crippen LogP contribution in [0.4, 0.5) is 17.5 Å². The first-order chi connectivity index (χ1) is 17.3. The monoisotopic (exact) mass is 479 g/mol. The predicted octanol–water partition coefficient (Wildman–Crippen LogP) is 5.66. The molecule has 0 saturated carbocycles. The minimum absolute atomic E-state index is 0.476. The van der Waals surface area contributed by atoms with Gasteiger partial charge in [-0.15, -0.1) is 0 Å². The molecule has 0 aliphatic carbocycles. The normalized spacial score (nSPS) is 11.1. The summed E-state index contributed by atoms with van der Waals surface area (Å²) in [4.78, 5) is 18.5. The molecule has 0 aliphatic heterocycles. The molecule has 0 radical (unpaired) electrons. The fourth-order valence-electron chi connectivity index (χ4n) is 3.80. The van der Waals surface area contributed by atoms with Crippen LogP contribution in [0.2, 0.25) is 0 Å². The van der Waals surface area contributed by atoms with Gasteiger partial charge in [0, 0.05) is 22.7 Å². The molecule has 2 N–H and O–H groups in total. The molecule has 6 aromatic rings. The number of nitrogens with one attached hydrogen (secondary N) is 2. The minimum atomic E-state index is 0.476. The molecular weight excluding hydrogens is 458 g/mol. The third-order valence-corrected chi connectivity index (χ3v) is 6.12. The highest BCUT2D eigenvalue weighted by atomic mass is 32.1. The van der Waals surface area contributed by atoms with Crippen LogP contribution in [0.1, 0.15) is 0 Å². The summed E-state index contributed by atoms with van der Waals surface area (Å²) < 4.78 is 7.79. The number of ether oxygens (including phenoxy) is 1. The second kappa shape index (κ2) is 9.40. The number of fused-ring (bicyclic) bond motifs is 2. The van der Waals surface area contributed by atoms with Crippen LogP contribution < -0.4 is 15.4 Å². The lowest BCUT2D eigenvalue weighted by Crippen LogP contribution is -2.13. The molecule has 0 fully saturated rings. The van der Waals surface area contributed by atoms with E-state index >= 15 is 0 Å². The molecule has 0 atom stereocenters. The van der Waals surface area contributed by atoms with E-state index in [-0.39, 0.29) is 0 Å². The molecule has 2 aromatic carbocycles. The van der Waals surface area contributed by atoms with Gasteiger partial charge in [-0.1, -0.05) is 24.3 Å². The van der Waals surface area contributed by atoms with Gasteiger partial charge in [-0.05, 0) is 47.8 Å². The quantitative estimate of drug-likeness (QED) is 0.272. The highest BCUT2D eigenvalue weighted by Crippen LogP contribution is 2.26. The van der Waals surface area contributed by atoms with Gasteiger partial charge < -0.3 is 15.4 Å². The number of imidazole rings is 1. The third-order valence-electron chi connectivity index (χ3n) is 5.45. The predicted molar refractivity (Wildman–Crippen MR) is 140 cm³/mol. The van der Waals surface area contributed by atoms with E-state index in [9.17, 15) is 0 Å². The van der Waals surface area contributed by atoms with Gasteiger partial charge in [-0.25, -0.2) is 4.98 Å². The average molecular weight is 480 g/mol. The Bertz CT molecular complexity index is 1580. The van der Waals surface area contributed by atoms with Gasteiger partial charge in [0.25, 0.3) is 0 Å². The summed E-state index contributed by atoms with van der Waals surface area (Å²) in [6.07, 6.45) is 3.57. The number of aromatic nitrogens is 5. The zero-order valence-electron chi connectivity index (χ0n) is 18.6. The van der Waals surface area contributed by atoms with E-state index in [0.29, 0.717) is 30.4 Å². The standard InChI is InChI=1S/C26H21N7OS/c1-2-6-21(7-3-1)34-13-12-28-24-23-25(33(17-29-23)20-10-14-35-16-20)32-26(31-24)30-19-8-9-22-18(15-19)5-4-11-27-22/h1-11,14-17H,12-13H2,(H2,28,30,31,32). The number of hydrogen-bond acceptors (Lipinski definition) is 8. The van der Waals surface area contributed by atoms with Crippen LogP contribution in [-0.2, 0) is 0 Å². The van der Waals surface area contributed by atoms with Crippen LogP contribution in [0, 0.1) is 0 Å². The fraction of sp³-hybridized carbons (Fsp3) is 0.0769. The summed E-state index contributed by atoms with van der Waals surface area (Å²) in [5.74, 6) is 1.95. The fourth-order valence-corrected chi connectivity index (χ4v) is 4.43. The Morgan fingerprint density at radius 3 is 2.77 bits per heavy atom. The number of hydrogen-bond donors (Lipinski definition) is 2. The second-order valence-electron chi connectivity index (χ2n) is 7.79. The van der Waals surface area contributed by atoms with Crippen molar-refractivity contribution in [3.05, 3.63) is 90.0 Å². The van der Waals surface area contributed by atoms with Crippen LogP contribution in [0.25, 0.3) is 27.8 Å². The lowest BCUT2D eigenvalue weighted by atomic mass is 10.2. The number of benzene rings is 2. The van der Waals surface area contributed by atoms with E-state index in [1.54, 1.807) is 23.9 Å². The van der Waals surface area contributed by atoms with E-state index in [4.69, 9.17) is 14.7 Å². The zero-order valence-corrected chi connectivity index (χ0v) is 19.4. The lowest BCUT2D eigenvalue weighted by Gasteiger charge is -2.11. The zero-order chi connectivity index (χ0) is 23.5. The molecule has 0 amide bonds. The summed E-state index contributed by atoms with van der Waals surface area (Å²) in [6, 6.07) is 21.7. The SMILES string of the molecule is c1ccc(OCCNc2nc(Nc3ccc4ncccc4c3)nc3c2ncn3-c2ccsc2)cc1. The molecule has 4 aromatic heterocycles. The number of rotatable bonds is 8. The van der Waals surface area contributed by atoms with Gasteiger partial charge >= 0.3 is 0 Å². The Balaban J connectivity index is 1.31. The van der Waals surface area contributed by atoms with E-state index < -0.39 is 0 Å². The second-order valence-corrected chi connectivity index (χ2v) is 8.57. The van der Waals surface area contributed by atoms with Gasteiger partial charge in [-0.2, -0.15) is 21.3 Å². The van der Waals surface area contributed by atoms with Crippen molar-refractivity contribution < 1.29 is 4.74 Å². The maximum absolute atomic E-state index is 5.82. The highest BCUT2D eigenvalue weighted by Gasteiger charge is 2.15. The van der Waals surface area contributed by atoms with Gasteiger partial charge in [0.15, 0.2) is 17.0 Å². The number of nitrogens with zero attached hydrogens (tertiary/aromatic N) is 5. The Morgan fingerprint density at radius 1 is 0.943 bits per heavy atom. The third kappa shape index (κ3) is 4.49. The Labute approximate surface area is 205 Å². The average Bonchev–Trinajstić information content (AvgIpc) is 3.57. The van der Waals surface area contributed by atoms with Gasteiger partial charge in [0.1, 0.15) is 18.7 Å². The topological polar surface area (TPSA) is 89.8 Å². The Hall–Kier alpha value is -4.50. The van der Waals surface area contributed by atoms with Crippen molar-refractivity contribution in [2.45, 2.75) is 0 Å². The Kier molecular flexibility index (Phi) is 5.65. The summed E-state index contributed by atoms with van der Waals surface area (Å²) >= 11 is 1.63. The van der Waals surface area contributed by atoms with Gasteiger partial charge in [0.2, 0.25) is 5.95 Å². The molecule has 0 unspecified atom stereocenters. The van der Waals surface area contributed by atoms with Gasteiger partial charge in [-0.3, -0.25) is 9.55 Å². The van der Waals surface area contributed by atoms with Crippen LogP contribution in [-0.4, -0.2) is 37.7 Å². The maximum atomic E-state index is 5.82. The van der Waals surface area contributed by atoms with Crippen molar-refractivity contribution in [3.8, 4) is 11.4 Å². The van der Waals surface area contributed by atoms with Crippen molar-refractivity contribution in [1.82, 2.24) is 24.5 Å². The molecule has 172 valence electrons. The molecule has 4 heterocycles. The van der Waals surface area contributed by atoms with Crippen LogP contribution in [0.3, 0.4) is 0 Å². The number of para-hydroxylation sites is 1. The van der Waals surface area contributed by atoms with Crippen LogP contribution in [0.5, 0.6) is 5.75 Å². The molecule has 9 heteroatoms. The minimum Gasteiger partial charge on any atom is -0.492 e. The van der Waals surface area contributed by atoms with Crippen molar-refractivity contribution in [1.29, 1.82) is 0 Å². The van der Waals surface area contributed by atoms with Crippen molar-refractivity contribution in [3.63, 3.8) is 0 Å². The number of pyridine rings is 1. The summed E-state index contributed by atoms with van der Waals surface area (Å²) in [6.45, 7) is 1.05. The van der Waals surface area contributed by atoms with Crippen LogP contribution >= 0.6 is 11.3 Å². The Morgan fingerprint density at radius 2 is 1.89 bits per heavy atom. The first-order valence-corrected chi connectivity index (χ1v) is 12.1. The smallest absolute Gasteiger partial charge is 0.231 e. The molecule has 0 spiro atoms. The van der Waals surface area contributed by atoms with Crippen molar-refractivity contribution in [2.75, 3.05) is 23.8 Å². The lowest BCUT2D eigenvalue weighted by molar-refractivity contribution is 0.333. The van der Waals surface area contributed by atoms with E-state index in [0.717, 1.165) is 33.7 Å². The molecule has 35 heavy (non-hydrogen) atoms. The molecule has 0 aliphatic rings. The number of thiophene rings is 1. The summed E-state index contributed by atoms with van der Waals surface area (Å²) in [5.41, 5.74) is 4.24. The van der Waals surface area contributed by atoms with E-state index in [1.165, 1.54) is 0 Å². The summed E-state index contributed by atoms with van der Waals surface area (Å²) in [5, 5.41) is 11.9. The highest BCUT2D eigenvalue weighted by molar-refractivity contribution is 7.08. The summed E-state index contributed by atoms with van der Waals surface area (Å²) in [7, 11) is 0. The maximum Gasteiger partial charge on any atom is 0.231 e. The number of anilines is 3. The van der Waals surface area contributed by atoms with E-state index in [1.807, 2.05) is 76.7 Å². The van der Waals surface area contributed by atoms with Gasteiger partial charge in [0.05, 0.1) is 17.7 Å². The molecule has 6 rings (SSSR count). The molecule has 0 bridgehead atoms. The molecular formula is C26H21N7OS. The molecule has 0 saturated heterocycles. The van der Waals surface area contributed by atoms with Crippen molar-refractivity contribution in [2.24, 2.45) is 0 Å². The van der Waals surface area contributed by atoms with E-state index in [2.05, 4.69) is 26.0 Å². The molecule has 8 nitrogen and oxygen atoms in total.